The third-order valence-electron chi connectivity index (χ3n) is 3.52. The molecule has 4 nitrogen and oxygen atoms in total. The van der Waals surface area contributed by atoms with Gasteiger partial charge in [-0.05, 0) is 44.0 Å². The molecule has 0 saturated heterocycles. The Balaban J connectivity index is 0.00000200. The summed E-state index contributed by atoms with van der Waals surface area (Å²) in [4.78, 5) is 2.53. The van der Waals surface area contributed by atoms with Crippen LogP contribution in [0, 0.1) is 0 Å². The standard InChI is InChI=1S/C15H24N4.2ClH/c1-3-8-19(9-4-2)10-7-12-5-6-14(16)15-13(12)11-17-18-15;;/h5-6,11H,3-4,7-10,16H2,1-2H3,(H,17,18);2*1H. The van der Waals surface area contributed by atoms with E-state index in [-0.39, 0.29) is 24.8 Å². The maximum atomic E-state index is 5.94. The minimum absolute atomic E-state index is 0. The summed E-state index contributed by atoms with van der Waals surface area (Å²) in [6, 6.07) is 4.10. The number of nitrogens with zero attached hydrogens (tertiary/aromatic N) is 2. The third-order valence-corrected chi connectivity index (χ3v) is 3.52. The first-order chi connectivity index (χ1) is 9.26. The second kappa shape index (κ2) is 9.87. The molecule has 2 aromatic rings. The fourth-order valence-corrected chi connectivity index (χ4v) is 2.58. The number of nitrogens with one attached hydrogen (secondary N) is 1. The second-order valence-electron chi connectivity index (χ2n) is 5.06. The van der Waals surface area contributed by atoms with E-state index in [4.69, 9.17) is 5.73 Å². The van der Waals surface area contributed by atoms with E-state index in [1.807, 2.05) is 12.3 Å². The highest BCUT2D eigenvalue weighted by Crippen LogP contribution is 2.22. The van der Waals surface area contributed by atoms with Gasteiger partial charge in [-0.1, -0.05) is 19.9 Å². The number of hydrogen-bond acceptors (Lipinski definition) is 3. The quantitative estimate of drug-likeness (QED) is 0.761. The number of nitrogens with two attached hydrogens (primary N) is 1. The van der Waals surface area contributed by atoms with Crippen LogP contribution >= 0.6 is 24.8 Å². The van der Waals surface area contributed by atoms with E-state index in [1.165, 1.54) is 31.5 Å². The molecule has 0 atom stereocenters. The Kier molecular flexibility index (Phi) is 9.42. The van der Waals surface area contributed by atoms with Gasteiger partial charge in [-0.25, -0.2) is 0 Å². The van der Waals surface area contributed by atoms with Gasteiger partial charge in [0.05, 0.1) is 17.4 Å². The van der Waals surface area contributed by atoms with Crippen molar-refractivity contribution in [3.05, 3.63) is 23.9 Å². The van der Waals surface area contributed by atoms with Crippen LogP contribution in [0.15, 0.2) is 18.3 Å². The van der Waals surface area contributed by atoms with E-state index >= 15 is 0 Å². The van der Waals surface area contributed by atoms with E-state index in [0.29, 0.717) is 0 Å². The van der Waals surface area contributed by atoms with Crippen molar-refractivity contribution in [1.82, 2.24) is 15.1 Å². The fraction of sp³-hybridized carbons (Fsp3) is 0.533. The first-order valence-electron chi connectivity index (χ1n) is 7.19. The number of H-pyrrole nitrogens is 1. The number of anilines is 1. The lowest BCUT2D eigenvalue weighted by atomic mass is 10.1. The van der Waals surface area contributed by atoms with Crippen molar-refractivity contribution in [2.45, 2.75) is 33.1 Å². The molecule has 0 amide bonds. The zero-order valence-electron chi connectivity index (χ0n) is 12.8. The van der Waals surface area contributed by atoms with Crippen molar-refractivity contribution in [2.75, 3.05) is 25.4 Å². The molecule has 1 aromatic carbocycles. The molecule has 3 N–H and O–H groups in total. The molecule has 0 saturated carbocycles. The molecule has 6 heteroatoms. The monoisotopic (exact) mass is 332 g/mol. The lowest BCUT2D eigenvalue weighted by Gasteiger charge is -2.21. The number of halogens is 2. The number of aromatic nitrogens is 2. The Morgan fingerprint density at radius 3 is 2.38 bits per heavy atom. The molecule has 21 heavy (non-hydrogen) atoms. The summed E-state index contributed by atoms with van der Waals surface area (Å²) >= 11 is 0. The molecule has 0 spiro atoms. The summed E-state index contributed by atoms with van der Waals surface area (Å²) in [6.07, 6.45) is 5.35. The van der Waals surface area contributed by atoms with Gasteiger partial charge in [-0.2, -0.15) is 5.10 Å². The Morgan fingerprint density at radius 2 is 1.76 bits per heavy atom. The van der Waals surface area contributed by atoms with Gasteiger partial charge in [0.25, 0.3) is 0 Å². The van der Waals surface area contributed by atoms with E-state index < -0.39 is 0 Å². The van der Waals surface area contributed by atoms with E-state index in [2.05, 4.69) is 35.0 Å². The number of benzene rings is 1. The summed E-state index contributed by atoms with van der Waals surface area (Å²) in [5, 5.41) is 8.24. The summed E-state index contributed by atoms with van der Waals surface area (Å²) in [5.74, 6) is 0. The second-order valence-corrected chi connectivity index (χ2v) is 5.06. The van der Waals surface area contributed by atoms with Gasteiger partial charge >= 0.3 is 0 Å². The largest absolute Gasteiger partial charge is 0.397 e. The van der Waals surface area contributed by atoms with E-state index in [0.717, 1.165) is 29.6 Å². The molecule has 0 aliphatic carbocycles. The van der Waals surface area contributed by atoms with Crippen LogP contribution in [0.25, 0.3) is 10.9 Å². The molecular formula is C15H26Cl2N4. The van der Waals surface area contributed by atoms with E-state index in [1.54, 1.807) is 0 Å². The predicted molar refractivity (Wildman–Crippen MR) is 95.7 cm³/mol. The molecule has 0 fully saturated rings. The Morgan fingerprint density at radius 1 is 1.10 bits per heavy atom. The zero-order valence-corrected chi connectivity index (χ0v) is 14.4. The molecule has 0 bridgehead atoms. The van der Waals surface area contributed by atoms with Crippen LogP contribution in [0.3, 0.4) is 0 Å². The highest BCUT2D eigenvalue weighted by atomic mass is 35.5. The van der Waals surface area contributed by atoms with Gasteiger partial charge in [0, 0.05) is 11.9 Å². The SMILES string of the molecule is CCCN(CCC)CCc1ccc(N)c2[nH]ncc12.Cl.Cl. The van der Waals surface area contributed by atoms with Gasteiger partial charge in [0.1, 0.15) is 0 Å². The summed E-state index contributed by atoms with van der Waals surface area (Å²) in [5.41, 5.74) is 9.01. The van der Waals surface area contributed by atoms with Crippen molar-refractivity contribution in [2.24, 2.45) is 0 Å². The molecule has 2 rings (SSSR count). The maximum absolute atomic E-state index is 5.94. The zero-order chi connectivity index (χ0) is 13.7. The van der Waals surface area contributed by atoms with Crippen LogP contribution in [0.5, 0.6) is 0 Å². The molecule has 0 unspecified atom stereocenters. The average molecular weight is 333 g/mol. The van der Waals surface area contributed by atoms with Crippen LogP contribution in [0.4, 0.5) is 5.69 Å². The number of rotatable bonds is 7. The summed E-state index contributed by atoms with van der Waals surface area (Å²) < 4.78 is 0. The number of aromatic amines is 1. The topological polar surface area (TPSA) is 57.9 Å². The first-order valence-corrected chi connectivity index (χ1v) is 7.19. The minimum atomic E-state index is 0. The van der Waals surface area contributed by atoms with Crippen molar-refractivity contribution in [3.63, 3.8) is 0 Å². The molecule has 0 aliphatic rings. The lowest BCUT2D eigenvalue weighted by molar-refractivity contribution is 0.278. The average Bonchev–Trinajstić information content (AvgIpc) is 2.88. The lowest BCUT2D eigenvalue weighted by Crippen LogP contribution is -2.27. The van der Waals surface area contributed by atoms with Gasteiger partial charge < -0.3 is 10.6 Å². The van der Waals surface area contributed by atoms with E-state index in [9.17, 15) is 0 Å². The van der Waals surface area contributed by atoms with Crippen LogP contribution in [-0.4, -0.2) is 34.7 Å². The molecule has 0 radical (unpaired) electrons. The molecule has 120 valence electrons. The van der Waals surface area contributed by atoms with Gasteiger partial charge in [-0.15, -0.1) is 24.8 Å². The Hall–Kier alpha value is -0.970. The number of nitrogen functional groups attached to an aromatic ring is 1. The summed E-state index contributed by atoms with van der Waals surface area (Å²) in [7, 11) is 0. The van der Waals surface area contributed by atoms with Crippen molar-refractivity contribution < 1.29 is 0 Å². The van der Waals surface area contributed by atoms with Gasteiger partial charge in [0.2, 0.25) is 0 Å². The Bertz CT molecular complexity index is 521. The molecule has 1 aromatic heterocycles. The molecular weight excluding hydrogens is 307 g/mol. The Labute approximate surface area is 139 Å². The van der Waals surface area contributed by atoms with Crippen molar-refractivity contribution in [1.29, 1.82) is 0 Å². The van der Waals surface area contributed by atoms with Crippen LogP contribution < -0.4 is 5.73 Å². The van der Waals surface area contributed by atoms with Crippen molar-refractivity contribution in [3.8, 4) is 0 Å². The minimum Gasteiger partial charge on any atom is -0.397 e. The maximum Gasteiger partial charge on any atom is 0.0882 e. The molecule has 0 aliphatic heterocycles. The van der Waals surface area contributed by atoms with Gasteiger partial charge in [-0.3, -0.25) is 5.10 Å². The number of hydrogen-bond donors (Lipinski definition) is 2. The van der Waals surface area contributed by atoms with Crippen LogP contribution in [-0.2, 0) is 6.42 Å². The first kappa shape index (κ1) is 20.0. The normalized spacial score (nSPS) is 10.4. The third kappa shape index (κ3) is 5.06. The fourth-order valence-electron chi connectivity index (χ4n) is 2.58. The van der Waals surface area contributed by atoms with Crippen LogP contribution in [0.2, 0.25) is 0 Å². The predicted octanol–water partition coefficient (Wildman–Crippen LogP) is 3.65. The smallest absolute Gasteiger partial charge is 0.0882 e. The highest BCUT2D eigenvalue weighted by molar-refractivity contribution is 5.91. The van der Waals surface area contributed by atoms with Crippen LogP contribution in [0.1, 0.15) is 32.3 Å². The summed E-state index contributed by atoms with van der Waals surface area (Å²) in [6.45, 7) is 7.93. The van der Waals surface area contributed by atoms with Gasteiger partial charge in [0.15, 0.2) is 0 Å². The highest BCUT2D eigenvalue weighted by Gasteiger charge is 2.08. The number of fused-ring (bicyclic) bond motifs is 1. The van der Waals surface area contributed by atoms with Crippen molar-refractivity contribution >= 4 is 41.4 Å². The molecule has 1 heterocycles.